The molecule has 148 valence electrons. The highest BCUT2D eigenvalue weighted by molar-refractivity contribution is 6.30. The fraction of sp³-hybridized carbons (Fsp3) is 0.350. The quantitative estimate of drug-likeness (QED) is 0.455. The van der Waals surface area contributed by atoms with Crippen LogP contribution in [0.5, 0.6) is 5.75 Å². The molecule has 2 heterocycles. The number of amides is 1. The van der Waals surface area contributed by atoms with Gasteiger partial charge in [0.1, 0.15) is 11.9 Å². The molecule has 0 fully saturated rings. The molecule has 1 aliphatic heterocycles. The van der Waals surface area contributed by atoms with E-state index in [0.29, 0.717) is 24.5 Å². The topological polar surface area (TPSA) is 90.0 Å². The van der Waals surface area contributed by atoms with Crippen LogP contribution in [-0.2, 0) is 9.53 Å². The van der Waals surface area contributed by atoms with E-state index in [0.717, 1.165) is 28.9 Å². The molecule has 1 aromatic heterocycles. The third kappa shape index (κ3) is 4.61. The molecule has 7 nitrogen and oxygen atoms in total. The first-order valence-corrected chi connectivity index (χ1v) is 9.31. The average molecular weight is 403 g/mol. The van der Waals surface area contributed by atoms with Gasteiger partial charge in [-0.1, -0.05) is 17.7 Å². The van der Waals surface area contributed by atoms with Crippen LogP contribution in [0.4, 0.5) is 0 Å². The molecule has 3 rings (SSSR count). The first-order valence-electron chi connectivity index (χ1n) is 8.93. The normalized spacial score (nSPS) is 18.9. The molecule has 0 bridgehead atoms. The summed E-state index contributed by atoms with van der Waals surface area (Å²) in [4.78, 5) is 21.0. The maximum Gasteiger partial charge on any atom is 0.216 e. The van der Waals surface area contributed by atoms with Crippen LogP contribution >= 0.6 is 11.6 Å². The van der Waals surface area contributed by atoms with Crippen LogP contribution in [0.3, 0.4) is 0 Å². The average Bonchev–Trinajstić information content (AvgIpc) is 2.71. The second-order valence-electron chi connectivity index (χ2n) is 6.62. The van der Waals surface area contributed by atoms with Gasteiger partial charge in [0, 0.05) is 57.1 Å². The van der Waals surface area contributed by atoms with Crippen molar-refractivity contribution in [1.82, 2.24) is 9.88 Å². The van der Waals surface area contributed by atoms with Crippen LogP contribution in [0.1, 0.15) is 24.4 Å². The Balaban J connectivity index is 1.99. The minimum absolute atomic E-state index is 0.0470. The number of nitrogens with two attached hydrogens (primary N) is 1. The minimum Gasteiger partial charge on any atom is -0.490 e. The van der Waals surface area contributed by atoms with Gasteiger partial charge in [0.25, 0.3) is 0 Å². The van der Waals surface area contributed by atoms with Gasteiger partial charge in [-0.05, 0) is 23.8 Å². The number of carbonyl (C=O) groups excluding carboxylic acids is 1. The Kier molecular flexibility index (Phi) is 6.49. The summed E-state index contributed by atoms with van der Waals surface area (Å²) >= 11 is 6.08. The van der Waals surface area contributed by atoms with E-state index < -0.39 is 0 Å². The Morgan fingerprint density at radius 3 is 2.96 bits per heavy atom. The number of hydrogen-bond donors (Lipinski definition) is 1. The summed E-state index contributed by atoms with van der Waals surface area (Å²) in [7, 11) is 3.23. The molecule has 1 aromatic carbocycles. The lowest BCUT2D eigenvalue weighted by atomic mass is 9.93. The van der Waals surface area contributed by atoms with Crippen molar-refractivity contribution in [2.45, 2.75) is 25.0 Å². The Labute approximate surface area is 169 Å². The minimum atomic E-state index is -0.236. The third-order valence-electron chi connectivity index (χ3n) is 4.64. The van der Waals surface area contributed by atoms with Crippen molar-refractivity contribution in [1.29, 1.82) is 0 Å². The Bertz CT molecular complexity index is 874. The number of carbonyl (C=O) groups is 1. The molecule has 28 heavy (non-hydrogen) atoms. The van der Waals surface area contributed by atoms with Gasteiger partial charge in [-0.15, -0.1) is 0 Å². The molecule has 1 amide bonds. The van der Waals surface area contributed by atoms with E-state index in [2.05, 4.69) is 9.98 Å². The summed E-state index contributed by atoms with van der Waals surface area (Å²) in [6.45, 7) is 0.590. The predicted molar refractivity (Wildman–Crippen MR) is 108 cm³/mol. The molecular weight excluding hydrogens is 380 g/mol. The molecule has 2 atom stereocenters. The van der Waals surface area contributed by atoms with Crippen LogP contribution in [0, 0.1) is 0 Å². The Morgan fingerprint density at radius 2 is 2.25 bits per heavy atom. The zero-order valence-electron chi connectivity index (χ0n) is 15.8. The zero-order valence-corrected chi connectivity index (χ0v) is 16.6. The number of rotatable bonds is 6. The number of aromatic nitrogens is 1. The van der Waals surface area contributed by atoms with Crippen molar-refractivity contribution in [2.24, 2.45) is 10.7 Å². The van der Waals surface area contributed by atoms with E-state index in [1.54, 1.807) is 26.6 Å². The van der Waals surface area contributed by atoms with E-state index in [9.17, 15) is 4.79 Å². The Hall–Kier alpha value is -2.64. The second kappa shape index (κ2) is 9.03. The van der Waals surface area contributed by atoms with Crippen molar-refractivity contribution in [3.8, 4) is 16.9 Å². The van der Waals surface area contributed by atoms with Crippen molar-refractivity contribution < 1.29 is 14.3 Å². The first kappa shape index (κ1) is 20.1. The molecule has 8 heteroatoms. The van der Waals surface area contributed by atoms with E-state index in [-0.39, 0.29) is 18.1 Å². The molecule has 2 N–H and O–H groups in total. The number of nitrogens with zero attached hydrogens (tertiary/aromatic N) is 3. The molecule has 0 unspecified atom stereocenters. The van der Waals surface area contributed by atoms with Crippen molar-refractivity contribution in [3.05, 3.63) is 47.2 Å². The van der Waals surface area contributed by atoms with Gasteiger partial charge in [0.15, 0.2) is 5.96 Å². The highest BCUT2D eigenvalue weighted by atomic mass is 35.5. The van der Waals surface area contributed by atoms with E-state index >= 15 is 0 Å². The smallest absolute Gasteiger partial charge is 0.216 e. The number of pyridine rings is 1. The summed E-state index contributed by atoms with van der Waals surface area (Å²) in [5.41, 5.74) is 8.75. The maximum absolute atomic E-state index is 11.0. The van der Waals surface area contributed by atoms with E-state index in [4.69, 9.17) is 26.8 Å². The lowest BCUT2D eigenvalue weighted by molar-refractivity contribution is -0.114. The number of halogens is 1. The molecule has 1 aliphatic rings. The number of aliphatic imine (C=N–C) groups is 1. The van der Waals surface area contributed by atoms with Gasteiger partial charge in [0.2, 0.25) is 6.41 Å². The van der Waals surface area contributed by atoms with Crippen LogP contribution in [0.15, 0.2) is 41.7 Å². The number of hydrogen-bond acceptors (Lipinski definition) is 5. The molecular formula is C20H23ClN4O3. The molecule has 0 saturated heterocycles. The number of guanidine groups is 1. The number of fused-ring (bicyclic) bond motifs is 1. The summed E-state index contributed by atoms with van der Waals surface area (Å²) in [5.74, 6) is 0.912. The van der Waals surface area contributed by atoms with E-state index in [1.807, 2.05) is 24.3 Å². The molecule has 2 aromatic rings. The Morgan fingerprint density at radius 1 is 1.43 bits per heavy atom. The second-order valence-corrected chi connectivity index (χ2v) is 7.06. The lowest BCUT2D eigenvalue weighted by Gasteiger charge is -2.31. The van der Waals surface area contributed by atoms with Gasteiger partial charge in [-0.3, -0.25) is 14.7 Å². The number of benzene rings is 1. The standard InChI is InChI=1S/C20H23ClN4O3/c1-25(12-26)20(22)24-18-9-16(5-6-27-2)28-19-4-3-13(8-17(18)19)14-7-15(21)11-23-10-14/h3-4,7-8,10-12,16,18H,5-6,9H2,1-2H3,(H2,22,24)/t16-,18+/m0/s1. The zero-order chi connectivity index (χ0) is 20.1. The monoisotopic (exact) mass is 402 g/mol. The maximum atomic E-state index is 11.0. The summed E-state index contributed by atoms with van der Waals surface area (Å²) in [6.07, 6.45) is 5.32. The lowest BCUT2D eigenvalue weighted by Crippen LogP contribution is -2.34. The van der Waals surface area contributed by atoms with E-state index in [1.165, 1.54) is 4.90 Å². The van der Waals surface area contributed by atoms with Crippen LogP contribution in [0.25, 0.3) is 11.1 Å². The largest absolute Gasteiger partial charge is 0.490 e. The van der Waals surface area contributed by atoms with Gasteiger partial charge in [0.05, 0.1) is 11.1 Å². The van der Waals surface area contributed by atoms with Gasteiger partial charge in [-0.2, -0.15) is 0 Å². The molecule has 0 saturated carbocycles. The predicted octanol–water partition coefficient (Wildman–Crippen LogP) is 3.03. The number of ether oxygens (including phenoxy) is 2. The van der Waals surface area contributed by atoms with Crippen LogP contribution < -0.4 is 10.5 Å². The van der Waals surface area contributed by atoms with Crippen molar-refractivity contribution in [2.75, 3.05) is 20.8 Å². The molecule has 0 radical (unpaired) electrons. The van der Waals surface area contributed by atoms with Gasteiger partial charge >= 0.3 is 0 Å². The van der Waals surface area contributed by atoms with Gasteiger partial charge < -0.3 is 15.2 Å². The summed E-state index contributed by atoms with van der Waals surface area (Å²) < 4.78 is 11.3. The molecule has 0 spiro atoms. The fourth-order valence-electron chi connectivity index (χ4n) is 3.12. The van der Waals surface area contributed by atoms with Gasteiger partial charge in [-0.25, -0.2) is 4.99 Å². The summed E-state index contributed by atoms with van der Waals surface area (Å²) in [6, 6.07) is 7.52. The fourth-order valence-corrected chi connectivity index (χ4v) is 3.30. The highest BCUT2D eigenvalue weighted by Crippen LogP contribution is 2.40. The summed E-state index contributed by atoms with van der Waals surface area (Å²) in [5, 5.41) is 0.567. The SMILES string of the molecule is COCC[C@H]1C[C@@H](N=C(N)N(C)C=O)c2cc(-c3cncc(Cl)c3)ccc2O1. The van der Waals surface area contributed by atoms with Crippen LogP contribution in [0.2, 0.25) is 5.02 Å². The molecule has 0 aliphatic carbocycles. The third-order valence-corrected chi connectivity index (χ3v) is 4.85. The van der Waals surface area contributed by atoms with Crippen molar-refractivity contribution >= 4 is 24.0 Å². The number of methoxy groups -OCH3 is 1. The van der Waals surface area contributed by atoms with Crippen LogP contribution in [-0.4, -0.2) is 49.1 Å². The van der Waals surface area contributed by atoms with Crippen molar-refractivity contribution in [3.63, 3.8) is 0 Å². The highest BCUT2D eigenvalue weighted by Gasteiger charge is 2.29. The first-order chi connectivity index (χ1) is 13.5.